The lowest BCUT2D eigenvalue weighted by Crippen LogP contribution is -2.28. The van der Waals surface area contributed by atoms with Crippen molar-refractivity contribution in [1.82, 2.24) is 4.98 Å². The third kappa shape index (κ3) is 7.63. The average Bonchev–Trinajstić information content (AvgIpc) is 2.78. The van der Waals surface area contributed by atoms with E-state index in [0.29, 0.717) is 6.07 Å². The molecule has 2 aromatic carbocycles. The maximum Gasteiger partial charge on any atom is 0.416 e. The number of rotatable bonds is 6. The molecule has 37 heavy (non-hydrogen) atoms. The number of alkyl halides is 3. The van der Waals surface area contributed by atoms with Crippen molar-refractivity contribution in [3.05, 3.63) is 77.6 Å². The Bertz CT molecular complexity index is 1330. The Morgan fingerprint density at radius 3 is 2.32 bits per heavy atom. The summed E-state index contributed by atoms with van der Waals surface area (Å²) >= 11 is 0. The van der Waals surface area contributed by atoms with Crippen LogP contribution in [0.3, 0.4) is 0 Å². The van der Waals surface area contributed by atoms with Crippen LogP contribution in [0.15, 0.2) is 60.9 Å². The number of benzene rings is 2. The summed E-state index contributed by atoms with van der Waals surface area (Å²) in [5.74, 6) is -1.38. The zero-order chi connectivity index (χ0) is 27.4. The van der Waals surface area contributed by atoms with Crippen molar-refractivity contribution >= 4 is 29.2 Å². The summed E-state index contributed by atoms with van der Waals surface area (Å²) in [5.41, 5.74) is 0.439. The Morgan fingerprint density at radius 2 is 1.68 bits per heavy atom. The van der Waals surface area contributed by atoms with E-state index in [4.69, 9.17) is 4.74 Å². The van der Waals surface area contributed by atoms with Gasteiger partial charge in [0.2, 0.25) is 5.91 Å². The minimum Gasteiger partial charge on any atom is -0.444 e. The number of Topliss-reactive ketones (excluding diaryl/α,β-unsaturated/α-hetero) is 1. The molecule has 3 aromatic rings. The number of hydrogen-bond donors (Lipinski definition) is 2. The van der Waals surface area contributed by atoms with E-state index in [0.717, 1.165) is 28.8 Å². The fourth-order valence-electron chi connectivity index (χ4n) is 3.42. The van der Waals surface area contributed by atoms with Crippen LogP contribution in [0.1, 0.15) is 48.7 Å². The van der Waals surface area contributed by atoms with E-state index in [2.05, 4.69) is 15.6 Å². The number of ether oxygens (including phenoxy) is 1. The number of amides is 2. The van der Waals surface area contributed by atoms with Gasteiger partial charge in [0.05, 0.1) is 23.4 Å². The largest absolute Gasteiger partial charge is 0.444 e. The number of halogens is 3. The predicted molar refractivity (Wildman–Crippen MR) is 133 cm³/mol. The van der Waals surface area contributed by atoms with Gasteiger partial charge >= 0.3 is 12.3 Å². The molecular formula is C27H26F3N3O4. The van der Waals surface area contributed by atoms with Gasteiger partial charge in [-0.25, -0.2) is 4.79 Å². The molecule has 0 spiro atoms. The molecule has 1 aromatic heterocycles. The van der Waals surface area contributed by atoms with Crippen LogP contribution in [0.5, 0.6) is 0 Å². The molecular weight excluding hydrogens is 487 g/mol. The summed E-state index contributed by atoms with van der Waals surface area (Å²) in [6.45, 7) is 6.77. The Kier molecular flexibility index (Phi) is 8.00. The molecule has 194 valence electrons. The normalized spacial score (nSPS) is 11.5. The van der Waals surface area contributed by atoms with Crippen molar-refractivity contribution in [1.29, 1.82) is 0 Å². The lowest BCUT2D eigenvalue weighted by Gasteiger charge is -2.21. The van der Waals surface area contributed by atoms with Gasteiger partial charge in [-0.1, -0.05) is 18.2 Å². The van der Waals surface area contributed by atoms with Crippen LogP contribution in [-0.2, 0) is 15.7 Å². The molecule has 3 rings (SSSR count). The first-order valence-corrected chi connectivity index (χ1v) is 11.3. The molecule has 0 fully saturated rings. The van der Waals surface area contributed by atoms with E-state index in [9.17, 15) is 27.6 Å². The van der Waals surface area contributed by atoms with Crippen molar-refractivity contribution in [2.75, 3.05) is 10.6 Å². The van der Waals surface area contributed by atoms with Crippen LogP contribution in [0.2, 0.25) is 0 Å². The Balaban J connectivity index is 1.80. The molecule has 0 aliphatic rings. The number of aryl methyl sites for hydroxylation is 1. The van der Waals surface area contributed by atoms with Gasteiger partial charge in [-0.3, -0.25) is 19.9 Å². The Hall–Kier alpha value is -4.21. The van der Waals surface area contributed by atoms with E-state index in [1.165, 1.54) is 0 Å². The molecule has 0 unspecified atom stereocenters. The van der Waals surface area contributed by atoms with Crippen molar-refractivity contribution in [2.45, 2.75) is 45.9 Å². The molecule has 0 atom stereocenters. The highest BCUT2D eigenvalue weighted by Gasteiger charge is 2.31. The Labute approximate surface area is 212 Å². The first-order chi connectivity index (χ1) is 17.2. The lowest BCUT2D eigenvalue weighted by atomic mass is 9.98. The first-order valence-electron chi connectivity index (χ1n) is 11.3. The maximum absolute atomic E-state index is 13.3. The monoisotopic (exact) mass is 513 g/mol. The summed E-state index contributed by atoms with van der Waals surface area (Å²) in [5, 5.41) is 4.64. The fourth-order valence-corrected chi connectivity index (χ4v) is 3.42. The number of pyridine rings is 1. The van der Waals surface area contributed by atoms with Gasteiger partial charge in [-0.15, -0.1) is 0 Å². The van der Waals surface area contributed by atoms with E-state index >= 15 is 0 Å². The molecule has 1 heterocycles. The average molecular weight is 514 g/mol. The second-order valence-electron chi connectivity index (χ2n) is 9.30. The molecule has 10 heteroatoms. The standard InChI is InChI=1S/C27H26F3N3O4/c1-16-10-11-31-15-20(16)17-6-5-7-18(12-17)23(34)14-24(35)32-22-13-19(27(28,29)30)8-9-21(22)33-25(36)37-26(2,3)4/h5-13,15H,14H2,1-4H3,(H,32,35)(H,33,36). The lowest BCUT2D eigenvalue weighted by molar-refractivity contribution is -0.137. The predicted octanol–water partition coefficient (Wildman–Crippen LogP) is 6.63. The molecule has 0 radical (unpaired) electrons. The molecule has 2 amide bonds. The summed E-state index contributed by atoms with van der Waals surface area (Å²) in [6, 6.07) is 10.9. The van der Waals surface area contributed by atoms with Gasteiger partial charge in [0.15, 0.2) is 5.78 Å². The number of nitrogens with one attached hydrogen (secondary N) is 2. The number of nitrogens with zero attached hydrogens (tertiary/aromatic N) is 1. The van der Waals surface area contributed by atoms with Gasteiger partial charge in [0, 0.05) is 23.5 Å². The summed E-state index contributed by atoms with van der Waals surface area (Å²) in [4.78, 5) is 41.7. The second-order valence-corrected chi connectivity index (χ2v) is 9.30. The van der Waals surface area contributed by atoms with Crippen LogP contribution in [0.4, 0.5) is 29.3 Å². The summed E-state index contributed by atoms with van der Waals surface area (Å²) in [6.07, 6.45) is -2.92. The number of aromatic nitrogens is 1. The number of ketones is 1. The third-order valence-corrected chi connectivity index (χ3v) is 5.11. The molecule has 0 saturated heterocycles. The topological polar surface area (TPSA) is 97.4 Å². The minimum atomic E-state index is -4.69. The first kappa shape index (κ1) is 27.4. The van der Waals surface area contributed by atoms with Crippen LogP contribution in [-0.4, -0.2) is 28.4 Å². The van der Waals surface area contributed by atoms with Gasteiger partial charge in [-0.2, -0.15) is 13.2 Å². The van der Waals surface area contributed by atoms with Crippen molar-refractivity contribution in [3.8, 4) is 11.1 Å². The van der Waals surface area contributed by atoms with Gasteiger partial charge in [0.1, 0.15) is 5.60 Å². The molecule has 0 aliphatic heterocycles. The quantitative estimate of drug-likeness (QED) is 0.285. The number of carbonyl (C=O) groups is 3. The third-order valence-electron chi connectivity index (χ3n) is 5.11. The number of hydrogen-bond acceptors (Lipinski definition) is 5. The highest BCUT2D eigenvalue weighted by atomic mass is 19.4. The van der Waals surface area contributed by atoms with Crippen LogP contribution >= 0.6 is 0 Å². The van der Waals surface area contributed by atoms with E-state index in [1.54, 1.807) is 57.4 Å². The summed E-state index contributed by atoms with van der Waals surface area (Å²) in [7, 11) is 0. The zero-order valence-corrected chi connectivity index (χ0v) is 20.7. The molecule has 0 bridgehead atoms. The smallest absolute Gasteiger partial charge is 0.416 e. The van der Waals surface area contributed by atoms with Gasteiger partial charge in [-0.05, 0) is 69.2 Å². The molecule has 7 nitrogen and oxygen atoms in total. The van der Waals surface area contributed by atoms with E-state index < -0.39 is 41.5 Å². The maximum atomic E-state index is 13.3. The number of carbonyl (C=O) groups excluding carboxylic acids is 3. The fraction of sp³-hybridized carbons (Fsp3) is 0.259. The Morgan fingerprint density at radius 1 is 0.946 bits per heavy atom. The highest BCUT2D eigenvalue weighted by Crippen LogP contribution is 2.34. The molecule has 0 saturated carbocycles. The minimum absolute atomic E-state index is 0.114. The van der Waals surface area contributed by atoms with Gasteiger partial charge in [0.25, 0.3) is 0 Å². The number of anilines is 2. The van der Waals surface area contributed by atoms with Crippen LogP contribution < -0.4 is 10.6 Å². The van der Waals surface area contributed by atoms with E-state index in [1.807, 2.05) is 13.0 Å². The molecule has 0 aliphatic carbocycles. The van der Waals surface area contributed by atoms with Crippen molar-refractivity contribution < 1.29 is 32.3 Å². The second kappa shape index (κ2) is 10.8. The molecule has 2 N–H and O–H groups in total. The van der Waals surface area contributed by atoms with Crippen LogP contribution in [0, 0.1) is 6.92 Å². The zero-order valence-electron chi connectivity index (χ0n) is 20.7. The van der Waals surface area contributed by atoms with Crippen molar-refractivity contribution in [2.24, 2.45) is 0 Å². The summed E-state index contributed by atoms with van der Waals surface area (Å²) < 4.78 is 45.0. The SMILES string of the molecule is Cc1ccncc1-c1cccc(C(=O)CC(=O)Nc2cc(C(F)(F)F)ccc2NC(=O)OC(C)(C)C)c1. The van der Waals surface area contributed by atoms with E-state index in [-0.39, 0.29) is 16.9 Å². The van der Waals surface area contributed by atoms with Crippen molar-refractivity contribution in [3.63, 3.8) is 0 Å². The van der Waals surface area contributed by atoms with Gasteiger partial charge < -0.3 is 10.1 Å². The highest BCUT2D eigenvalue weighted by molar-refractivity contribution is 6.12. The van der Waals surface area contributed by atoms with Crippen LogP contribution in [0.25, 0.3) is 11.1 Å².